The zero-order chi connectivity index (χ0) is 13.7. The molecule has 1 aliphatic carbocycles. The molecule has 0 aromatic carbocycles. The van der Waals surface area contributed by atoms with Crippen molar-refractivity contribution in [2.45, 2.75) is 45.7 Å². The van der Waals surface area contributed by atoms with Gasteiger partial charge in [0, 0.05) is 24.8 Å². The Morgan fingerprint density at radius 3 is 2.84 bits per heavy atom. The van der Waals surface area contributed by atoms with Crippen molar-refractivity contribution >= 4 is 0 Å². The van der Waals surface area contributed by atoms with Gasteiger partial charge < -0.3 is 5.32 Å². The van der Waals surface area contributed by atoms with Crippen LogP contribution in [0.3, 0.4) is 0 Å². The second-order valence-corrected chi connectivity index (χ2v) is 5.87. The van der Waals surface area contributed by atoms with E-state index in [4.69, 9.17) is 0 Å². The van der Waals surface area contributed by atoms with Gasteiger partial charge >= 0.3 is 0 Å². The maximum Gasteiger partial charge on any atom is 0.0547 e. The summed E-state index contributed by atoms with van der Waals surface area (Å²) in [5.74, 6) is 0.902. The zero-order valence-electron chi connectivity index (χ0n) is 12.5. The number of rotatable bonds is 8. The second-order valence-electron chi connectivity index (χ2n) is 5.87. The van der Waals surface area contributed by atoms with Crippen LogP contribution in [-0.2, 0) is 6.54 Å². The Hall–Kier alpha value is -0.930. The maximum absolute atomic E-state index is 4.58. The van der Waals surface area contributed by atoms with Crippen molar-refractivity contribution in [2.75, 3.05) is 20.1 Å². The van der Waals surface area contributed by atoms with Gasteiger partial charge in [-0.1, -0.05) is 13.0 Å². The van der Waals surface area contributed by atoms with Crippen molar-refractivity contribution < 1.29 is 0 Å². The van der Waals surface area contributed by atoms with Crippen molar-refractivity contribution in [3.8, 4) is 0 Å². The van der Waals surface area contributed by atoms with E-state index in [0.717, 1.165) is 31.2 Å². The van der Waals surface area contributed by atoms with Gasteiger partial charge in [-0.3, -0.25) is 9.88 Å². The molecule has 0 radical (unpaired) electrons. The van der Waals surface area contributed by atoms with Crippen LogP contribution in [0.15, 0.2) is 18.2 Å². The fraction of sp³-hybridized carbons (Fsp3) is 0.688. The molecule has 106 valence electrons. The molecular formula is C16H27N3. The van der Waals surface area contributed by atoms with Crippen LogP contribution in [0.4, 0.5) is 0 Å². The van der Waals surface area contributed by atoms with E-state index < -0.39 is 0 Å². The maximum atomic E-state index is 4.58. The van der Waals surface area contributed by atoms with E-state index >= 15 is 0 Å². The molecule has 0 spiro atoms. The Bertz CT molecular complexity index is 387. The first-order chi connectivity index (χ1) is 9.19. The standard InChI is InChI=1S/C16H27N3/c1-4-10-17-16(14-8-9-14)12-19(3)11-15-7-5-6-13(2)18-15/h5-7,14,16-17H,4,8-12H2,1-3H3. The second kappa shape index (κ2) is 7.01. The third kappa shape index (κ3) is 4.92. The van der Waals surface area contributed by atoms with Gasteiger partial charge in [-0.25, -0.2) is 0 Å². The van der Waals surface area contributed by atoms with E-state index in [0.29, 0.717) is 6.04 Å². The number of hydrogen-bond acceptors (Lipinski definition) is 3. The van der Waals surface area contributed by atoms with Crippen LogP contribution < -0.4 is 5.32 Å². The number of nitrogens with zero attached hydrogens (tertiary/aromatic N) is 2. The van der Waals surface area contributed by atoms with Crippen molar-refractivity contribution in [1.82, 2.24) is 15.2 Å². The fourth-order valence-electron chi connectivity index (χ4n) is 2.57. The van der Waals surface area contributed by atoms with Gasteiger partial charge in [-0.15, -0.1) is 0 Å². The van der Waals surface area contributed by atoms with Gasteiger partial charge in [-0.2, -0.15) is 0 Å². The number of nitrogens with one attached hydrogen (secondary N) is 1. The summed E-state index contributed by atoms with van der Waals surface area (Å²) >= 11 is 0. The van der Waals surface area contributed by atoms with Crippen LogP contribution in [0, 0.1) is 12.8 Å². The molecule has 1 aromatic rings. The lowest BCUT2D eigenvalue weighted by atomic mass is 10.1. The molecule has 1 unspecified atom stereocenters. The Morgan fingerprint density at radius 2 is 2.21 bits per heavy atom. The van der Waals surface area contributed by atoms with Gasteiger partial charge in [0.2, 0.25) is 0 Å². The van der Waals surface area contributed by atoms with Gasteiger partial charge in [-0.05, 0) is 57.8 Å². The zero-order valence-corrected chi connectivity index (χ0v) is 12.5. The predicted octanol–water partition coefficient (Wildman–Crippen LogP) is 2.60. The molecule has 3 heteroatoms. The van der Waals surface area contributed by atoms with E-state index in [1.807, 2.05) is 0 Å². The summed E-state index contributed by atoms with van der Waals surface area (Å²) in [6, 6.07) is 6.93. The van der Waals surface area contributed by atoms with Gasteiger partial charge in [0.25, 0.3) is 0 Å². The Morgan fingerprint density at radius 1 is 1.42 bits per heavy atom. The molecule has 1 N–H and O–H groups in total. The highest BCUT2D eigenvalue weighted by atomic mass is 15.1. The molecule has 1 fully saturated rings. The van der Waals surface area contributed by atoms with Crippen LogP contribution >= 0.6 is 0 Å². The highest BCUT2D eigenvalue weighted by Crippen LogP contribution is 2.33. The molecule has 1 heterocycles. The van der Waals surface area contributed by atoms with Crippen molar-refractivity contribution in [3.63, 3.8) is 0 Å². The summed E-state index contributed by atoms with van der Waals surface area (Å²) in [6.07, 6.45) is 4.02. The third-order valence-electron chi connectivity index (χ3n) is 3.73. The average molecular weight is 261 g/mol. The molecule has 0 amide bonds. The van der Waals surface area contributed by atoms with Crippen LogP contribution in [-0.4, -0.2) is 36.1 Å². The van der Waals surface area contributed by atoms with Gasteiger partial charge in [0.15, 0.2) is 0 Å². The molecule has 19 heavy (non-hydrogen) atoms. The van der Waals surface area contributed by atoms with Crippen molar-refractivity contribution in [3.05, 3.63) is 29.6 Å². The molecule has 0 bridgehead atoms. The highest BCUT2D eigenvalue weighted by Gasteiger charge is 2.31. The molecule has 3 nitrogen and oxygen atoms in total. The molecule has 0 aliphatic heterocycles. The SMILES string of the molecule is CCCNC(CN(C)Cc1cccc(C)n1)C1CC1. The molecule has 0 saturated heterocycles. The molecule has 2 rings (SSSR count). The minimum absolute atomic E-state index is 0.662. The number of likely N-dealkylation sites (N-methyl/N-ethyl adjacent to an activating group) is 1. The topological polar surface area (TPSA) is 28.2 Å². The summed E-state index contributed by atoms with van der Waals surface area (Å²) in [5.41, 5.74) is 2.28. The van der Waals surface area contributed by atoms with Crippen LogP contribution in [0.1, 0.15) is 37.6 Å². The van der Waals surface area contributed by atoms with Gasteiger partial charge in [0.05, 0.1) is 5.69 Å². The smallest absolute Gasteiger partial charge is 0.0547 e. The predicted molar refractivity (Wildman–Crippen MR) is 80.1 cm³/mol. The first-order valence-electron chi connectivity index (χ1n) is 7.53. The van der Waals surface area contributed by atoms with Crippen molar-refractivity contribution in [1.29, 1.82) is 0 Å². The van der Waals surface area contributed by atoms with E-state index in [1.54, 1.807) is 0 Å². The Kier molecular flexibility index (Phi) is 5.34. The fourth-order valence-corrected chi connectivity index (χ4v) is 2.57. The minimum atomic E-state index is 0.662. The molecular weight excluding hydrogens is 234 g/mol. The van der Waals surface area contributed by atoms with E-state index in [9.17, 15) is 0 Å². The highest BCUT2D eigenvalue weighted by molar-refractivity contribution is 5.09. The number of aryl methyl sites for hydroxylation is 1. The minimum Gasteiger partial charge on any atom is -0.312 e. The number of aromatic nitrogens is 1. The largest absolute Gasteiger partial charge is 0.312 e. The summed E-state index contributed by atoms with van der Waals surface area (Å²) in [5, 5.41) is 3.70. The molecule has 1 saturated carbocycles. The summed E-state index contributed by atoms with van der Waals surface area (Å²) in [7, 11) is 2.20. The number of hydrogen-bond donors (Lipinski definition) is 1. The lowest BCUT2D eigenvalue weighted by Crippen LogP contribution is -2.41. The van der Waals surface area contributed by atoms with Crippen molar-refractivity contribution in [2.24, 2.45) is 5.92 Å². The van der Waals surface area contributed by atoms with E-state index in [2.05, 4.69) is 54.3 Å². The van der Waals surface area contributed by atoms with Crippen LogP contribution in [0.2, 0.25) is 0 Å². The quantitative estimate of drug-likeness (QED) is 0.779. The average Bonchev–Trinajstić information content (AvgIpc) is 3.18. The van der Waals surface area contributed by atoms with Crippen LogP contribution in [0.5, 0.6) is 0 Å². The summed E-state index contributed by atoms with van der Waals surface area (Å²) in [6.45, 7) is 7.49. The number of pyridine rings is 1. The first kappa shape index (κ1) is 14.5. The first-order valence-corrected chi connectivity index (χ1v) is 7.53. The molecule has 1 aromatic heterocycles. The monoisotopic (exact) mass is 261 g/mol. The molecule has 1 aliphatic rings. The van der Waals surface area contributed by atoms with Gasteiger partial charge in [0.1, 0.15) is 0 Å². The van der Waals surface area contributed by atoms with Crippen LogP contribution in [0.25, 0.3) is 0 Å². The van der Waals surface area contributed by atoms with E-state index in [1.165, 1.54) is 25.0 Å². The summed E-state index contributed by atoms with van der Waals surface area (Å²) in [4.78, 5) is 6.98. The lowest BCUT2D eigenvalue weighted by molar-refractivity contribution is 0.264. The third-order valence-corrected chi connectivity index (χ3v) is 3.73. The summed E-state index contributed by atoms with van der Waals surface area (Å²) < 4.78 is 0. The molecule has 1 atom stereocenters. The van der Waals surface area contributed by atoms with E-state index in [-0.39, 0.29) is 0 Å². The Labute approximate surface area is 117 Å². The lowest BCUT2D eigenvalue weighted by Gasteiger charge is -2.25. The Balaban J connectivity index is 1.83. The normalized spacial score (nSPS) is 16.8.